The largest absolute Gasteiger partial charge is 0.490 e. The zero-order valence-corrected chi connectivity index (χ0v) is 12.8. The van der Waals surface area contributed by atoms with Crippen LogP contribution in [0.4, 0.5) is 17.6 Å². The van der Waals surface area contributed by atoms with Gasteiger partial charge in [-0.3, -0.25) is 0 Å². The predicted octanol–water partition coefficient (Wildman–Crippen LogP) is 2.66. The van der Waals surface area contributed by atoms with Crippen molar-refractivity contribution in [3.63, 3.8) is 0 Å². The van der Waals surface area contributed by atoms with Crippen molar-refractivity contribution >= 4 is 9.84 Å². The van der Waals surface area contributed by atoms with Crippen LogP contribution in [0.5, 0.6) is 5.75 Å². The number of rotatable bonds is 3. The maximum absolute atomic E-state index is 14.2. The SMILES string of the molecule is CS(=O)(=O)c1ccc(O[C@H]2C[C@H](F)C2)c2c1[C@H](O)C(F)(F)[C@@H]2F. The van der Waals surface area contributed by atoms with Crippen LogP contribution in [0.15, 0.2) is 17.0 Å². The first kappa shape index (κ1) is 16.5. The van der Waals surface area contributed by atoms with Crippen LogP contribution in [0, 0.1) is 0 Å². The number of ether oxygens (including phenoxy) is 1. The molecule has 1 fully saturated rings. The van der Waals surface area contributed by atoms with Crippen molar-refractivity contribution in [3.05, 3.63) is 23.3 Å². The molecular formula is C14H14F4O4S. The molecule has 23 heavy (non-hydrogen) atoms. The highest BCUT2D eigenvalue weighted by Gasteiger charge is 2.59. The van der Waals surface area contributed by atoms with Gasteiger partial charge in [0.25, 0.3) is 0 Å². The predicted molar refractivity (Wildman–Crippen MR) is 71.9 cm³/mol. The fourth-order valence-corrected chi connectivity index (χ4v) is 3.80. The Morgan fingerprint density at radius 2 is 1.83 bits per heavy atom. The molecule has 4 nitrogen and oxygen atoms in total. The Kier molecular flexibility index (Phi) is 3.64. The van der Waals surface area contributed by atoms with Crippen LogP contribution >= 0.6 is 0 Å². The Balaban J connectivity index is 2.12. The minimum atomic E-state index is -4.16. The molecule has 2 aliphatic carbocycles. The highest BCUT2D eigenvalue weighted by Crippen LogP contribution is 2.57. The lowest BCUT2D eigenvalue weighted by atomic mass is 9.93. The normalized spacial score (nSPS) is 32.3. The third kappa shape index (κ3) is 2.50. The molecule has 0 heterocycles. The molecule has 0 aliphatic heterocycles. The zero-order valence-electron chi connectivity index (χ0n) is 12.0. The fourth-order valence-electron chi connectivity index (χ4n) is 2.87. The summed E-state index contributed by atoms with van der Waals surface area (Å²) in [5.74, 6) is -4.45. The van der Waals surface area contributed by atoms with E-state index >= 15 is 0 Å². The Labute approximate surface area is 130 Å². The lowest BCUT2D eigenvalue weighted by molar-refractivity contribution is -0.144. The second-order valence-electron chi connectivity index (χ2n) is 5.91. The van der Waals surface area contributed by atoms with Gasteiger partial charge in [-0.15, -0.1) is 0 Å². The average Bonchev–Trinajstić information content (AvgIpc) is 2.58. The first-order chi connectivity index (χ1) is 10.5. The van der Waals surface area contributed by atoms with Gasteiger partial charge in [-0.2, -0.15) is 8.78 Å². The van der Waals surface area contributed by atoms with Gasteiger partial charge in [-0.05, 0) is 12.1 Å². The standard InChI is InChI=1S/C14H14F4O4S/c1-23(20,21)9-3-2-8(22-7-4-6(15)5-7)10-11(9)13(19)14(17,18)12(10)16/h2-3,6-7,12-13,19H,4-5H2,1H3/t6-,7-,12-,13+/m1/s1. The third-order valence-electron chi connectivity index (χ3n) is 4.17. The molecule has 0 unspecified atom stereocenters. The Bertz CT molecular complexity index is 743. The number of benzene rings is 1. The van der Waals surface area contributed by atoms with Crippen LogP contribution in [0.2, 0.25) is 0 Å². The first-order valence-corrected chi connectivity index (χ1v) is 8.80. The summed E-state index contributed by atoms with van der Waals surface area (Å²) < 4.78 is 83.4. The number of hydrogen-bond acceptors (Lipinski definition) is 4. The second-order valence-corrected chi connectivity index (χ2v) is 7.89. The van der Waals surface area contributed by atoms with Crippen LogP contribution in [-0.2, 0) is 9.84 Å². The van der Waals surface area contributed by atoms with Crippen LogP contribution in [0.1, 0.15) is 36.2 Å². The molecule has 0 radical (unpaired) electrons. The molecule has 0 saturated heterocycles. The topological polar surface area (TPSA) is 63.6 Å². The third-order valence-corrected chi connectivity index (χ3v) is 5.32. The average molecular weight is 354 g/mol. The molecule has 0 spiro atoms. The molecule has 0 bridgehead atoms. The molecule has 1 aromatic rings. The fraction of sp³-hybridized carbons (Fsp3) is 0.571. The molecule has 2 aliphatic rings. The monoisotopic (exact) mass is 354 g/mol. The molecule has 2 atom stereocenters. The van der Waals surface area contributed by atoms with Crippen LogP contribution in [0.3, 0.4) is 0 Å². The second kappa shape index (κ2) is 5.07. The summed E-state index contributed by atoms with van der Waals surface area (Å²) >= 11 is 0. The van der Waals surface area contributed by atoms with E-state index in [0.29, 0.717) is 0 Å². The van der Waals surface area contributed by atoms with Crippen LogP contribution in [-0.4, -0.2) is 38.0 Å². The molecule has 3 rings (SSSR count). The van der Waals surface area contributed by atoms with Gasteiger partial charge in [0.05, 0.1) is 4.90 Å². The van der Waals surface area contributed by atoms with E-state index in [9.17, 15) is 31.1 Å². The number of halogens is 4. The van der Waals surface area contributed by atoms with Crippen LogP contribution in [0.25, 0.3) is 0 Å². The van der Waals surface area contributed by atoms with Gasteiger partial charge in [0.2, 0.25) is 0 Å². The van der Waals surface area contributed by atoms with E-state index in [4.69, 9.17) is 4.74 Å². The molecule has 1 saturated carbocycles. The quantitative estimate of drug-likeness (QED) is 0.848. The van der Waals surface area contributed by atoms with Gasteiger partial charge in [0, 0.05) is 30.2 Å². The van der Waals surface area contributed by atoms with Gasteiger partial charge >= 0.3 is 5.92 Å². The van der Waals surface area contributed by atoms with Gasteiger partial charge in [0.15, 0.2) is 16.0 Å². The first-order valence-electron chi connectivity index (χ1n) is 6.91. The molecule has 128 valence electrons. The number of sulfone groups is 1. The number of hydrogen-bond donors (Lipinski definition) is 1. The molecule has 9 heteroatoms. The van der Waals surface area contributed by atoms with Crippen LogP contribution < -0.4 is 4.74 Å². The van der Waals surface area contributed by atoms with Crippen molar-refractivity contribution in [1.29, 1.82) is 0 Å². The van der Waals surface area contributed by atoms with E-state index in [-0.39, 0.29) is 18.6 Å². The summed E-state index contributed by atoms with van der Waals surface area (Å²) in [7, 11) is -3.96. The zero-order chi connectivity index (χ0) is 17.2. The maximum Gasteiger partial charge on any atom is 0.312 e. The lowest BCUT2D eigenvalue weighted by Crippen LogP contribution is -2.35. The van der Waals surface area contributed by atoms with Crippen molar-refractivity contribution in [2.75, 3.05) is 6.26 Å². The molecular weight excluding hydrogens is 340 g/mol. The smallest absolute Gasteiger partial charge is 0.312 e. The summed E-state index contributed by atoms with van der Waals surface area (Å²) in [6.07, 6.45) is -6.24. The highest BCUT2D eigenvalue weighted by molar-refractivity contribution is 7.90. The van der Waals surface area contributed by atoms with Crippen molar-refractivity contribution in [2.24, 2.45) is 0 Å². The van der Waals surface area contributed by atoms with E-state index in [1.807, 2.05) is 0 Å². The van der Waals surface area contributed by atoms with Gasteiger partial charge in [0.1, 0.15) is 24.1 Å². The van der Waals surface area contributed by atoms with E-state index in [0.717, 1.165) is 18.4 Å². The number of aliphatic hydroxyl groups excluding tert-OH is 1. The van der Waals surface area contributed by atoms with Gasteiger partial charge < -0.3 is 9.84 Å². The Morgan fingerprint density at radius 1 is 1.22 bits per heavy atom. The van der Waals surface area contributed by atoms with Gasteiger partial charge in [-0.25, -0.2) is 17.2 Å². The van der Waals surface area contributed by atoms with Crippen molar-refractivity contribution in [1.82, 2.24) is 0 Å². The maximum atomic E-state index is 14.2. The summed E-state index contributed by atoms with van der Waals surface area (Å²) in [6.45, 7) is 0. The molecule has 0 aromatic heterocycles. The van der Waals surface area contributed by atoms with E-state index in [2.05, 4.69) is 0 Å². The molecule has 1 N–H and O–H groups in total. The van der Waals surface area contributed by atoms with E-state index in [1.165, 1.54) is 0 Å². The molecule has 0 amide bonds. The van der Waals surface area contributed by atoms with Gasteiger partial charge in [-0.1, -0.05) is 0 Å². The number of fused-ring (bicyclic) bond motifs is 1. The van der Waals surface area contributed by atoms with Crippen molar-refractivity contribution in [3.8, 4) is 5.75 Å². The minimum absolute atomic E-state index is 0.0541. The lowest BCUT2D eigenvalue weighted by Gasteiger charge is -2.31. The van der Waals surface area contributed by atoms with Crippen molar-refractivity contribution in [2.45, 2.75) is 48.2 Å². The Morgan fingerprint density at radius 3 is 2.35 bits per heavy atom. The summed E-state index contributed by atoms with van der Waals surface area (Å²) in [5.41, 5.74) is -1.36. The van der Waals surface area contributed by atoms with E-state index in [1.54, 1.807) is 0 Å². The summed E-state index contributed by atoms with van der Waals surface area (Å²) in [4.78, 5) is -0.566. The summed E-state index contributed by atoms with van der Waals surface area (Å²) in [6, 6.07) is 2.06. The van der Waals surface area contributed by atoms with E-state index < -0.39 is 56.3 Å². The Hall–Kier alpha value is -1.35. The highest BCUT2D eigenvalue weighted by atomic mass is 32.2. The minimum Gasteiger partial charge on any atom is -0.490 e. The number of alkyl halides is 4. The molecule has 1 aromatic carbocycles. The number of aliphatic hydroxyl groups is 1. The summed E-state index contributed by atoms with van der Waals surface area (Å²) in [5, 5.41) is 9.73. The van der Waals surface area contributed by atoms with Crippen molar-refractivity contribution < 1.29 is 35.8 Å².